The maximum atomic E-state index is 5.63. The van der Waals surface area contributed by atoms with E-state index < -0.39 is 0 Å². The van der Waals surface area contributed by atoms with Gasteiger partial charge in [0, 0.05) is 5.69 Å². The molecule has 1 aromatic carbocycles. The summed E-state index contributed by atoms with van der Waals surface area (Å²) in [6.45, 7) is 8.32. The summed E-state index contributed by atoms with van der Waals surface area (Å²) in [5, 5.41) is 0. The van der Waals surface area contributed by atoms with Crippen LogP contribution < -0.4 is 5.73 Å². The molecule has 80 valence electrons. The molecular formula is C14H19N. The summed E-state index contributed by atoms with van der Waals surface area (Å²) in [4.78, 5) is 0. The van der Waals surface area contributed by atoms with Crippen LogP contribution in [0.1, 0.15) is 32.3 Å². The van der Waals surface area contributed by atoms with E-state index in [0.29, 0.717) is 0 Å². The van der Waals surface area contributed by atoms with Crippen LogP contribution in [-0.4, -0.2) is 0 Å². The van der Waals surface area contributed by atoms with Gasteiger partial charge in [0.25, 0.3) is 0 Å². The van der Waals surface area contributed by atoms with Gasteiger partial charge in [-0.25, -0.2) is 0 Å². The molecule has 0 aromatic heterocycles. The molecule has 0 bridgehead atoms. The minimum Gasteiger partial charge on any atom is -0.399 e. The highest BCUT2D eigenvalue weighted by molar-refractivity contribution is 5.64. The maximum absolute atomic E-state index is 5.63. The summed E-state index contributed by atoms with van der Waals surface area (Å²) < 4.78 is 0. The molecule has 0 heterocycles. The summed E-state index contributed by atoms with van der Waals surface area (Å²) in [5.41, 5.74) is 10.2. The monoisotopic (exact) mass is 201 g/mol. The van der Waals surface area contributed by atoms with Gasteiger partial charge < -0.3 is 5.73 Å². The molecule has 0 radical (unpaired) electrons. The van der Waals surface area contributed by atoms with E-state index in [1.807, 2.05) is 24.3 Å². The molecule has 0 aliphatic heterocycles. The zero-order chi connectivity index (χ0) is 11.3. The van der Waals surface area contributed by atoms with Crippen molar-refractivity contribution in [1.82, 2.24) is 0 Å². The van der Waals surface area contributed by atoms with Gasteiger partial charge in [0.15, 0.2) is 0 Å². The lowest BCUT2D eigenvalue weighted by Gasteiger charge is -2.04. The number of allylic oxidation sites excluding steroid dienone is 3. The van der Waals surface area contributed by atoms with E-state index in [2.05, 4.69) is 26.5 Å². The highest BCUT2D eigenvalue weighted by Gasteiger charge is 1.97. The first-order valence-corrected chi connectivity index (χ1v) is 5.26. The molecular weight excluding hydrogens is 182 g/mol. The smallest absolute Gasteiger partial charge is 0.0314 e. The number of anilines is 1. The lowest BCUT2D eigenvalue weighted by Crippen LogP contribution is -1.86. The number of benzene rings is 1. The molecule has 1 aromatic rings. The van der Waals surface area contributed by atoms with Crippen LogP contribution in [0.4, 0.5) is 5.69 Å². The Bertz CT molecular complexity index is 353. The Balaban J connectivity index is 2.54. The Morgan fingerprint density at radius 1 is 1.27 bits per heavy atom. The summed E-state index contributed by atoms with van der Waals surface area (Å²) in [6.07, 6.45) is 4.31. The molecule has 0 atom stereocenters. The van der Waals surface area contributed by atoms with Crippen LogP contribution in [0.2, 0.25) is 0 Å². The van der Waals surface area contributed by atoms with Crippen LogP contribution in [0.3, 0.4) is 0 Å². The van der Waals surface area contributed by atoms with Crippen molar-refractivity contribution in [1.29, 1.82) is 0 Å². The third-order valence-corrected chi connectivity index (χ3v) is 2.32. The van der Waals surface area contributed by atoms with Crippen molar-refractivity contribution in [3.05, 3.63) is 48.1 Å². The van der Waals surface area contributed by atoms with Gasteiger partial charge in [-0.05, 0) is 50.0 Å². The highest BCUT2D eigenvalue weighted by Crippen LogP contribution is 2.19. The molecule has 0 saturated heterocycles. The number of nitrogens with two attached hydrogens (primary N) is 1. The average Bonchev–Trinajstić information content (AvgIpc) is 2.18. The van der Waals surface area contributed by atoms with Crippen LogP contribution in [0, 0.1) is 0 Å². The number of hydrogen-bond donors (Lipinski definition) is 1. The minimum absolute atomic E-state index is 0.802. The van der Waals surface area contributed by atoms with E-state index in [1.165, 1.54) is 16.7 Å². The predicted molar refractivity (Wildman–Crippen MR) is 68.6 cm³/mol. The van der Waals surface area contributed by atoms with Crippen LogP contribution in [0.5, 0.6) is 0 Å². The molecule has 0 fully saturated rings. The van der Waals surface area contributed by atoms with Gasteiger partial charge in [0.05, 0.1) is 0 Å². The Labute approximate surface area is 92.3 Å². The van der Waals surface area contributed by atoms with Gasteiger partial charge in [0.2, 0.25) is 0 Å². The zero-order valence-electron chi connectivity index (χ0n) is 9.59. The second-order valence-corrected chi connectivity index (χ2v) is 4.05. The first-order chi connectivity index (χ1) is 7.09. The molecule has 2 N–H and O–H groups in total. The van der Waals surface area contributed by atoms with Gasteiger partial charge in [0.1, 0.15) is 0 Å². The fourth-order valence-electron chi connectivity index (χ4n) is 1.40. The zero-order valence-corrected chi connectivity index (χ0v) is 9.59. The van der Waals surface area contributed by atoms with E-state index >= 15 is 0 Å². The van der Waals surface area contributed by atoms with Crippen molar-refractivity contribution in [3.8, 4) is 0 Å². The molecule has 1 rings (SSSR count). The van der Waals surface area contributed by atoms with Crippen LogP contribution in [-0.2, 0) is 0 Å². The first kappa shape index (κ1) is 11.6. The Hall–Kier alpha value is -1.50. The van der Waals surface area contributed by atoms with E-state index in [4.69, 9.17) is 5.73 Å². The van der Waals surface area contributed by atoms with E-state index in [9.17, 15) is 0 Å². The normalized spacial score (nSPS) is 9.73. The molecule has 0 amide bonds. The standard InChI is InChI=1S/C14H19N/c1-11(2)5-4-6-12(3)13-7-9-14(15)10-8-13/h5,7-10H,3-4,6,15H2,1-2H3. The molecule has 1 nitrogen and oxygen atoms in total. The molecule has 0 saturated carbocycles. The van der Waals surface area contributed by atoms with Crippen molar-refractivity contribution in [2.24, 2.45) is 0 Å². The van der Waals surface area contributed by atoms with Crippen LogP contribution >= 0.6 is 0 Å². The van der Waals surface area contributed by atoms with E-state index in [0.717, 1.165) is 18.5 Å². The quantitative estimate of drug-likeness (QED) is 0.577. The highest BCUT2D eigenvalue weighted by atomic mass is 14.5. The first-order valence-electron chi connectivity index (χ1n) is 5.26. The largest absolute Gasteiger partial charge is 0.399 e. The SMILES string of the molecule is C=C(CCC=C(C)C)c1ccc(N)cc1. The van der Waals surface area contributed by atoms with Crippen LogP contribution in [0.15, 0.2) is 42.5 Å². The van der Waals surface area contributed by atoms with Crippen molar-refractivity contribution < 1.29 is 0 Å². The van der Waals surface area contributed by atoms with Gasteiger partial charge in [-0.15, -0.1) is 0 Å². The summed E-state index contributed by atoms with van der Waals surface area (Å²) in [5.74, 6) is 0. The summed E-state index contributed by atoms with van der Waals surface area (Å²) in [6, 6.07) is 7.89. The van der Waals surface area contributed by atoms with Crippen molar-refractivity contribution in [2.75, 3.05) is 5.73 Å². The summed E-state index contributed by atoms with van der Waals surface area (Å²) in [7, 11) is 0. The fraction of sp³-hybridized carbons (Fsp3) is 0.286. The minimum atomic E-state index is 0.802. The molecule has 15 heavy (non-hydrogen) atoms. The molecule has 0 aliphatic rings. The number of hydrogen-bond acceptors (Lipinski definition) is 1. The third kappa shape index (κ3) is 4.03. The average molecular weight is 201 g/mol. The van der Waals surface area contributed by atoms with E-state index in [1.54, 1.807) is 0 Å². The topological polar surface area (TPSA) is 26.0 Å². The molecule has 0 unspecified atom stereocenters. The summed E-state index contributed by atoms with van der Waals surface area (Å²) >= 11 is 0. The van der Waals surface area contributed by atoms with E-state index in [-0.39, 0.29) is 0 Å². The lowest BCUT2D eigenvalue weighted by molar-refractivity contribution is 1.05. The molecule has 0 spiro atoms. The Morgan fingerprint density at radius 3 is 2.40 bits per heavy atom. The van der Waals surface area contributed by atoms with Gasteiger partial charge >= 0.3 is 0 Å². The van der Waals surface area contributed by atoms with Crippen LogP contribution in [0.25, 0.3) is 5.57 Å². The molecule has 0 aliphatic carbocycles. The van der Waals surface area contributed by atoms with Gasteiger partial charge in [-0.2, -0.15) is 0 Å². The lowest BCUT2D eigenvalue weighted by atomic mass is 10.0. The van der Waals surface area contributed by atoms with Gasteiger partial charge in [-0.3, -0.25) is 0 Å². The maximum Gasteiger partial charge on any atom is 0.0314 e. The second-order valence-electron chi connectivity index (χ2n) is 4.05. The van der Waals surface area contributed by atoms with Crippen molar-refractivity contribution in [2.45, 2.75) is 26.7 Å². The second kappa shape index (κ2) is 5.40. The van der Waals surface area contributed by atoms with Crippen molar-refractivity contribution >= 4 is 11.3 Å². The number of rotatable bonds is 4. The van der Waals surface area contributed by atoms with Gasteiger partial charge in [-0.1, -0.05) is 30.4 Å². The van der Waals surface area contributed by atoms with Crippen molar-refractivity contribution in [3.63, 3.8) is 0 Å². The third-order valence-electron chi connectivity index (χ3n) is 2.32. The Kier molecular flexibility index (Phi) is 4.17. The fourth-order valence-corrected chi connectivity index (χ4v) is 1.40. The Morgan fingerprint density at radius 2 is 1.87 bits per heavy atom. The predicted octanol–water partition coefficient (Wildman–Crippen LogP) is 4.03. The molecule has 1 heteroatoms. The number of nitrogen functional groups attached to an aromatic ring is 1.